The Morgan fingerprint density at radius 3 is 1.37 bits per heavy atom. The molecule has 4 aliphatic heterocycles. The summed E-state index contributed by atoms with van der Waals surface area (Å²) in [5.41, 5.74) is 29.2. The molecule has 21 heteroatoms. The van der Waals surface area contributed by atoms with E-state index < -0.39 is 11.2 Å². The predicted octanol–water partition coefficient (Wildman–Crippen LogP) is 15.6. The third-order valence-corrected chi connectivity index (χ3v) is 17.5. The molecule has 0 unspecified atom stereocenters. The first-order chi connectivity index (χ1) is 42.6. The van der Waals surface area contributed by atoms with Crippen LogP contribution in [-0.2, 0) is 35.2 Å². The average molecular weight is 1220 g/mol. The molecule has 14 rings (SSSR count). The Bertz CT molecular complexity index is 3780. The molecule has 8 N–H and O–H groups in total. The van der Waals surface area contributed by atoms with Crippen molar-refractivity contribution in [3.8, 4) is 67.3 Å². The summed E-state index contributed by atoms with van der Waals surface area (Å²) < 4.78 is 11.4. The van der Waals surface area contributed by atoms with E-state index in [0.29, 0.717) is 25.2 Å². The van der Waals surface area contributed by atoms with Crippen LogP contribution in [0.3, 0.4) is 0 Å². The van der Waals surface area contributed by atoms with E-state index in [1.165, 1.54) is 63.9 Å². The molecule has 4 aromatic carbocycles. The summed E-state index contributed by atoms with van der Waals surface area (Å²) in [6.07, 6.45) is 17.8. The van der Waals surface area contributed by atoms with Crippen LogP contribution in [-0.4, -0.2) is 99.2 Å². The van der Waals surface area contributed by atoms with Crippen LogP contribution in [0.4, 0.5) is 9.59 Å². The molecule has 0 radical (unpaired) electrons. The lowest BCUT2D eigenvalue weighted by Crippen LogP contribution is -2.36. The number of H-pyrrole nitrogens is 4. The molecule has 4 atom stereocenters. The molecule has 6 aliphatic rings. The number of likely N-dealkylation sites (tertiary alicyclic amines) is 2. The number of benzene rings is 4. The third kappa shape index (κ3) is 14.1. The van der Waals surface area contributed by atoms with Crippen molar-refractivity contribution in [1.82, 2.24) is 60.3 Å². The van der Waals surface area contributed by atoms with Gasteiger partial charge in [0, 0.05) is 35.6 Å². The smallest absolute Gasteiger partial charge is 0.410 e. The maximum atomic E-state index is 13.0. The summed E-state index contributed by atoms with van der Waals surface area (Å²) in [4.78, 5) is 63.2. The van der Waals surface area contributed by atoms with E-state index in [2.05, 4.69) is 136 Å². The molecule has 4 saturated heterocycles. The molecule has 8 heterocycles. The van der Waals surface area contributed by atoms with E-state index in [4.69, 9.17) is 30.5 Å². The predicted molar refractivity (Wildman–Crippen MR) is 345 cm³/mol. The first-order valence-corrected chi connectivity index (χ1v) is 31.5. The van der Waals surface area contributed by atoms with Gasteiger partial charge in [-0.05, 0) is 199 Å². The topological polar surface area (TPSA) is 270 Å². The second kappa shape index (κ2) is 26.8. The molecule has 0 spiro atoms. The molecule has 2 aliphatic carbocycles. The second-order valence-corrected chi connectivity index (χ2v) is 26.0. The van der Waals surface area contributed by atoms with Gasteiger partial charge in [-0.3, -0.25) is 9.80 Å². The number of hydrogen-bond acceptors (Lipinski definition) is 12. The van der Waals surface area contributed by atoms with Crippen molar-refractivity contribution in [1.29, 1.82) is 11.1 Å². The average Bonchev–Trinajstić information content (AvgIpc) is 1.83. The van der Waals surface area contributed by atoms with Gasteiger partial charge in [0.2, 0.25) is 0 Å². The Morgan fingerprint density at radius 2 is 0.910 bits per heavy atom. The Balaban J connectivity index is 0.000000179. The lowest BCUT2D eigenvalue weighted by molar-refractivity contribution is 0.0208. The zero-order chi connectivity index (χ0) is 61.1. The van der Waals surface area contributed by atoms with Gasteiger partial charge in [-0.1, -0.05) is 84.9 Å². The minimum absolute atomic E-state index is 0. The molecule has 4 aromatic heterocycles. The Hall–Kier alpha value is -8.33. The molecule has 466 valence electrons. The zero-order valence-corrected chi connectivity index (χ0v) is 52.7. The van der Waals surface area contributed by atoms with E-state index in [-0.39, 0.29) is 36.7 Å². The Morgan fingerprint density at radius 1 is 0.494 bits per heavy atom. The molecule has 89 heavy (non-hydrogen) atoms. The van der Waals surface area contributed by atoms with Crippen LogP contribution >= 0.6 is 12.4 Å². The summed E-state index contributed by atoms with van der Waals surface area (Å²) >= 11 is 0. The number of fused-ring (bicyclic) bond motifs is 6. The molecule has 0 bridgehead atoms. The van der Waals surface area contributed by atoms with Gasteiger partial charge in [-0.15, -0.1) is 12.4 Å². The van der Waals surface area contributed by atoms with Crippen LogP contribution in [0.5, 0.6) is 0 Å². The van der Waals surface area contributed by atoms with Crippen molar-refractivity contribution in [3.05, 3.63) is 143 Å². The number of aromatic amines is 4. The van der Waals surface area contributed by atoms with Crippen molar-refractivity contribution in [3.63, 3.8) is 0 Å². The van der Waals surface area contributed by atoms with Crippen molar-refractivity contribution in [2.24, 2.45) is 10.4 Å². The summed E-state index contributed by atoms with van der Waals surface area (Å²) in [6.45, 7) is 14.9. The monoisotopic (exact) mass is 1220 g/mol. The number of carbonyl (C=O) groups is 2. The lowest BCUT2D eigenvalue weighted by atomic mass is 9.95. The number of carbonyl (C=O) groups excluding carboxylic acids is 2. The van der Waals surface area contributed by atoms with Crippen LogP contribution in [0.1, 0.15) is 176 Å². The van der Waals surface area contributed by atoms with Crippen LogP contribution < -0.4 is 10.6 Å². The molecule has 20 nitrogen and oxygen atoms in total. The Labute approximate surface area is 526 Å². The van der Waals surface area contributed by atoms with E-state index in [1.807, 2.05) is 58.8 Å². The van der Waals surface area contributed by atoms with E-state index in [0.717, 1.165) is 152 Å². The van der Waals surface area contributed by atoms with Gasteiger partial charge in [0.1, 0.15) is 34.5 Å². The summed E-state index contributed by atoms with van der Waals surface area (Å²) in [6, 6.07) is 31.5. The quantitative estimate of drug-likeness (QED) is 0.0500. The first kappa shape index (κ1) is 62.3. The number of aromatic nitrogens is 8. The van der Waals surface area contributed by atoms with Crippen molar-refractivity contribution in [2.45, 2.75) is 167 Å². The van der Waals surface area contributed by atoms with Gasteiger partial charge >= 0.3 is 12.2 Å². The second-order valence-electron chi connectivity index (χ2n) is 26.0. The SMILES string of the molecule is CC(C)(C)OC(=O)N1CCC[C@H]1c1ncc(-c2ccc(-c3ccc4c(c3)CCCc3[nH]c([C@@H]5CCCN5C(=O)OC(C)(C)C)nc3-4)cc2)[nH]1.Cl.N=NN=N.c1cc(-c2cnc([C@@H]3CCCN3)[nH]2)ccc1-c1ccc2c(c1)CCCc1[nH]c([C@@H]3CCCN3)nc1-2. The highest BCUT2D eigenvalue weighted by molar-refractivity contribution is 5.85. The third-order valence-electron chi connectivity index (χ3n) is 17.5. The van der Waals surface area contributed by atoms with Gasteiger partial charge in [-0.25, -0.2) is 29.5 Å². The number of rotatable bonds is 9. The van der Waals surface area contributed by atoms with Crippen LogP contribution in [0, 0.1) is 11.1 Å². The number of nitrogens with one attached hydrogen (secondary N) is 8. The van der Waals surface area contributed by atoms with E-state index in [9.17, 15) is 9.59 Å². The van der Waals surface area contributed by atoms with Crippen molar-refractivity contribution in [2.75, 3.05) is 26.2 Å². The molecule has 2 amide bonds. The number of hydrogen-bond donors (Lipinski definition) is 8. The normalized spacial score (nSPS) is 19.4. The standard InChI is InChI=1S/C39H48N6O4.C29H32N6.ClH.H2N4/c1-38(2,3)48-36(46)44-20-8-12-31(44)34-40-23-30(42-34)25-16-14-24(15-17-25)26-18-19-28-27(22-26)10-7-11-29-33(28)43-35(41-29)32-13-9-21-45(32)37(47)49-39(4,5)6;1-4-21-16-20(12-13-22(21)27-23(5-1)33-29(35-27)25-7-3-15-31-25)18-8-10-19(11-9-18)26-17-32-28(34-26)24-6-2-14-30-24;;1-3-4-2/h14-19,22-23,31-32H,7-13,20-21H2,1-6H3,(H,40,42)(H,41,43);8-13,16-17,24-25,30-31H,1-7,14-15H2,(H,32,34)(H,33,35);1H;1-2H/t31-,32-;24-,25-;;/m00../s1. The number of aryl methyl sites for hydroxylation is 4. The van der Waals surface area contributed by atoms with Crippen LogP contribution in [0.2, 0.25) is 0 Å². The minimum Gasteiger partial charge on any atom is -0.444 e. The van der Waals surface area contributed by atoms with E-state index >= 15 is 0 Å². The zero-order valence-electron chi connectivity index (χ0n) is 51.9. The highest BCUT2D eigenvalue weighted by atomic mass is 35.5. The van der Waals surface area contributed by atoms with Gasteiger partial charge in [0.15, 0.2) is 0 Å². The first-order valence-electron chi connectivity index (χ1n) is 31.5. The lowest BCUT2D eigenvalue weighted by Gasteiger charge is -2.27. The molecule has 0 saturated carbocycles. The van der Waals surface area contributed by atoms with Crippen molar-refractivity contribution < 1.29 is 19.1 Å². The Kier molecular flexibility index (Phi) is 18.7. The van der Waals surface area contributed by atoms with Gasteiger partial charge in [0.05, 0.1) is 59.3 Å². The summed E-state index contributed by atoms with van der Waals surface area (Å²) in [5.74, 6) is 3.82. The minimum atomic E-state index is -0.537. The summed E-state index contributed by atoms with van der Waals surface area (Å²) in [5, 5.41) is 11.7. The number of halogens is 1. The highest BCUT2D eigenvalue weighted by Gasteiger charge is 2.37. The number of amides is 2. The fourth-order valence-electron chi connectivity index (χ4n) is 13.3. The number of imidazole rings is 4. The van der Waals surface area contributed by atoms with Crippen molar-refractivity contribution >= 4 is 24.6 Å². The number of nitrogens with zero attached hydrogens (tertiary/aromatic N) is 8. The molecule has 8 aromatic rings. The molecule has 4 fully saturated rings. The maximum absolute atomic E-state index is 13.0. The molecular weight excluding hydrogens is 1140 g/mol. The number of ether oxygens (including phenoxy) is 2. The van der Waals surface area contributed by atoms with Gasteiger partial charge in [-0.2, -0.15) is 11.1 Å². The van der Waals surface area contributed by atoms with Gasteiger partial charge < -0.3 is 40.0 Å². The van der Waals surface area contributed by atoms with E-state index in [1.54, 1.807) is 4.90 Å². The fourth-order valence-corrected chi connectivity index (χ4v) is 13.3. The summed E-state index contributed by atoms with van der Waals surface area (Å²) in [7, 11) is 0. The van der Waals surface area contributed by atoms with Gasteiger partial charge in [0.25, 0.3) is 0 Å². The van der Waals surface area contributed by atoms with Crippen LogP contribution in [0.15, 0.2) is 108 Å². The highest BCUT2D eigenvalue weighted by Crippen LogP contribution is 2.41. The largest absolute Gasteiger partial charge is 0.444 e. The maximum Gasteiger partial charge on any atom is 0.410 e. The van der Waals surface area contributed by atoms with Crippen LogP contribution in [0.25, 0.3) is 67.3 Å². The molecular formula is C68H83ClN16O4. The fraction of sp³-hybridized carbons (Fsp3) is 0.441.